The van der Waals surface area contributed by atoms with Crippen LogP contribution in [-0.2, 0) is 15.3 Å². The number of benzene rings is 1. The molecule has 0 spiro atoms. The SMILES string of the molecule is COC(=O)CC(c1ccsc1)c1oc(CSc2ccccc2F)cc(=O)c1O. The molecule has 3 rings (SSSR count). The number of thioether (sulfide) groups is 1. The van der Waals surface area contributed by atoms with E-state index in [2.05, 4.69) is 0 Å². The van der Waals surface area contributed by atoms with Crippen molar-refractivity contribution in [2.75, 3.05) is 7.11 Å². The Morgan fingerprint density at radius 3 is 2.82 bits per heavy atom. The molecule has 146 valence electrons. The summed E-state index contributed by atoms with van der Waals surface area (Å²) in [4.78, 5) is 24.5. The number of hydrogen-bond donors (Lipinski definition) is 1. The lowest BCUT2D eigenvalue weighted by molar-refractivity contribution is -0.140. The first-order chi connectivity index (χ1) is 13.5. The molecule has 0 fully saturated rings. The smallest absolute Gasteiger partial charge is 0.306 e. The van der Waals surface area contributed by atoms with Crippen molar-refractivity contribution in [3.63, 3.8) is 0 Å². The van der Waals surface area contributed by atoms with Crippen molar-refractivity contribution in [3.05, 3.63) is 80.3 Å². The maximum atomic E-state index is 13.8. The Labute approximate surface area is 168 Å². The molecule has 1 N–H and O–H groups in total. The van der Waals surface area contributed by atoms with Crippen LogP contribution >= 0.6 is 23.1 Å². The number of methoxy groups -OCH3 is 1. The number of carbonyl (C=O) groups excluding carboxylic acids is 1. The van der Waals surface area contributed by atoms with Gasteiger partial charge in [-0.2, -0.15) is 11.3 Å². The summed E-state index contributed by atoms with van der Waals surface area (Å²) < 4.78 is 24.3. The van der Waals surface area contributed by atoms with E-state index < -0.39 is 23.1 Å². The molecule has 0 bridgehead atoms. The maximum absolute atomic E-state index is 13.8. The van der Waals surface area contributed by atoms with E-state index >= 15 is 0 Å². The molecular formula is C20H17FO5S2. The Bertz CT molecular complexity index is 1010. The number of hydrogen-bond acceptors (Lipinski definition) is 7. The highest BCUT2D eigenvalue weighted by Gasteiger charge is 2.26. The van der Waals surface area contributed by atoms with Crippen molar-refractivity contribution < 1.29 is 23.4 Å². The minimum atomic E-state index is -0.662. The summed E-state index contributed by atoms with van der Waals surface area (Å²) in [6, 6.07) is 9.26. The number of carbonyl (C=O) groups is 1. The largest absolute Gasteiger partial charge is 0.502 e. The number of rotatable bonds is 7. The van der Waals surface area contributed by atoms with Crippen LogP contribution in [0.15, 0.2) is 61.3 Å². The van der Waals surface area contributed by atoms with Crippen LogP contribution in [0.4, 0.5) is 4.39 Å². The predicted molar refractivity (Wildman–Crippen MR) is 105 cm³/mol. The molecule has 1 aromatic carbocycles. The summed E-state index contributed by atoms with van der Waals surface area (Å²) in [6.07, 6.45) is -0.0896. The van der Waals surface area contributed by atoms with Gasteiger partial charge in [0.05, 0.1) is 25.2 Å². The second-order valence-corrected chi connectivity index (χ2v) is 7.70. The van der Waals surface area contributed by atoms with Crippen LogP contribution in [0.2, 0.25) is 0 Å². The van der Waals surface area contributed by atoms with Crippen LogP contribution in [0.3, 0.4) is 0 Å². The quantitative estimate of drug-likeness (QED) is 0.447. The molecule has 3 aromatic rings. The zero-order valence-electron chi connectivity index (χ0n) is 14.9. The van der Waals surface area contributed by atoms with Gasteiger partial charge in [-0.15, -0.1) is 11.8 Å². The lowest BCUT2D eigenvalue weighted by atomic mass is 9.94. The van der Waals surface area contributed by atoms with Gasteiger partial charge < -0.3 is 14.3 Å². The van der Waals surface area contributed by atoms with Gasteiger partial charge in [-0.05, 0) is 34.5 Å². The molecule has 0 saturated carbocycles. The van der Waals surface area contributed by atoms with Crippen molar-refractivity contribution in [2.45, 2.75) is 23.0 Å². The van der Waals surface area contributed by atoms with Crippen LogP contribution < -0.4 is 5.43 Å². The van der Waals surface area contributed by atoms with Gasteiger partial charge in [0.25, 0.3) is 0 Å². The molecule has 28 heavy (non-hydrogen) atoms. The second kappa shape index (κ2) is 9.07. The number of halogens is 1. The Balaban J connectivity index is 1.94. The maximum Gasteiger partial charge on any atom is 0.306 e. The highest BCUT2D eigenvalue weighted by molar-refractivity contribution is 7.98. The van der Waals surface area contributed by atoms with Crippen LogP contribution in [0.25, 0.3) is 0 Å². The van der Waals surface area contributed by atoms with Crippen molar-refractivity contribution in [3.8, 4) is 5.75 Å². The molecule has 2 aromatic heterocycles. The molecule has 0 aliphatic carbocycles. The number of esters is 1. The molecule has 0 saturated heterocycles. The van der Waals surface area contributed by atoms with Gasteiger partial charge in [0.2, 0.25) is 11.2 Å². The number of thiophene rings is 1. The zero-order valence-corrected chi connectivity index (χ0v) is 16.5. The van der Waals surface area contributed by atoms with Gasteiger partial charge in [0, 0.05) is 11.0 Å². The highest BCUT2D eigenvalue weighted by atomic mass is 32.2. The van der Waals surface area contributed by atoms with E-state index in [1.807, 2.05) is 10.8 Å². The topological polar surface area (TPSA) is 76.7 Å². The van der Waals surface area contributed by atoms with Gasteiger partial charge >= 0.3 is 5.97 Å². The van der Waals surface area contributed by atoms with Gasteiger partial charge in [-0.1, -0.05) is 12.1 Å². The first kappa shape index (κ1) is 20.2. The van der Waals surface area contributed by atoms with E-state index in [9.17, 15) is 19.1 Å². The number of aromatic hydroxyl groups is 1. The summed E-state index contributed by atoms with van der Waals surface area (Å²) in [5.74, 6) is -1.60. The summed E-state index contributed by atoms with van der Waals surface area (Å²) in [5.41, 5.74) is 0.114. The third-order valence-electron chi connectivity index (χ3n) is 4.07. The molecule has 0 amide bonds. The fraction of sp³-hybridized carbons (Fsp3) is 0.200. The molecule has 1 unspecified atom stereocenters. The van der Waals surface area contributed by atoms with Crippen LogP contribution in [0, 0.1) is 5.82 Å². The minimum absolute atomic E-state index is 0.000401. The van der Waals surface area contributed by atoms with E-state index in [4.69, 9.17) is 9.15 Å². The van der Waals surface area contributed by atoms with E-state index in [1.165, 1.54) is 42.3 Å². The number of ether oxygens (including phenoxy) is 1. The fourth-order valence-electron chi connectivity index (χ4n) is 2.66. The minimum Gasteiger partial charge on any atom is -0.502 e. The van der Waals surface area contributed by atoms with Crippen molar-refractivity contribution in [1.29, 1.82) is 0 Å². The molecule has 0 aliphatic rings. The standard InChI is InChI=1S/C20H17FO5S2/c1-25-18(23)9-14(12-6-7-27-10-12)20-19(24)16(22)8-13(26-20)11-28-17-5-3-2-4-15(17)21/h2-8,10,14,24H,9,11H2,1H3. The molecule has 2 heterocycles. The summed E-state index contributed by atoms with van der Waals surface area (Å²) >= 11 is 2.59. The first-order valence-corrected chi connectivity index (χ1v) is 10.2. The zero-order chi connectivity index (χ0) is 20.1. The summed E-state index contributed by atoms with van der Waals surface area (Å²) in [7, 11) is 1.27. The van der Waals surface area contributed by atoms with E-state index in [-0.39, 0.29) is 29.5 Å². The average molecular weight is 420 g/mol. The molecule has 1 atom stereocenters. The first-order valence-electron chi connectivity index (χ1n) is 8.31. The molecule has 5 nitrogen and oxygen atoms in total. The van der Waals surface area contributed by atoms with Gasteiger partial charge in [-0.25, -0.2) is 4.39 Å². The Morgan fingerprint density at radius 1 is 1.36 bits per heavy atom. The van der Waals surface area contributed by atoms with Gasteiger partial charge in [0.15, 0.2) is 5.76 Å². The van der Waals surface area contributed by atoms with E-state index in [0.717, 1.165) is 5.56 Å². The lowest BCUT2D eigenvalue weighted by Crippen LogP contribution is -2.13. The Morgan fingerprint density at radius 2 is 2.14 bits per heavy atom. The third-order valence-corrected chi connectivity index (χ3v) is 5.84. The Kier molecular flexibility index (Phi) is 6.53. The normalized spacial score (nSPS) is 11.9. The lowest BCUT2D eigenvalue weighted by Gasteiger charge is -2.16. The summed E-state index contributed by atoms with van der Waals surface area (Å²) in [5, 5.41) is 13.9. The van der Waals surface area contributed by atoms with Crippen molar-refractivity contribution in [2.24, 2.45) is 0 Å². The van der Waals surface area contributed by atoms with Gasteiger partial charge in [-0.3, -0.25) is 9.59 Å². The van der Waals surface area contributed by atoms with Crippen LogP contribution in [-0.4, -0.2) is 18.2 Å². The van der Waals surface area contributed by atoms with E-state index in [1.54, 1.807) is 24.3 Å². The summed E-state index contributed by atoms with van der Waals surface area (Å²) in [6.45, 7) is 0. The third kappa shape index (κ3) is 4.63. The molecule has 0 radical (unpaired) electrons. The second-order valence-electron chi connectivity index (χ2n) is 5.90. The van der Waals surface area contributed by atoms with Crippen molar-refractivity contribution >= 4 is 29.1 Å². The molecular weight excluding hydrogens is 403 g/mol. The Hall–Kier alpha value is -2.58. The van der Waals surface area contributed by atoms with Crippen LogP contribution in [0.1, 0.15) is 29.4 Å². The van der Waals surface area contributed by atoms with Crippen molar-refractivity contribution in [1.82, 2.24) is 0 Å². The molecule has 0 aliphatic heterocycles. The predicted octanol–water partition coefficient (Wildman–Crippen LogP) is 4.53. The molecule has 8 heteroatoms. The average Bonchev–Trinajstić information content (AvgIpc) is 3.22. The monoisotopic (exact) mass is 420 g/mol. The highest BCUT2D eigenvalue weighted by Crippen LogP contribution is 2.35. The van der Waals surface area contributed by atoms with Gasteiger partial charge in [0.1, 0.15) is 11.6 Å². The fourth-order valence-corrected chi connectivity index (χ4v) is 4.19. The van der Waals surface area contributed by atoms with Crippen LogP contribution in [0.5, 0.6) is 5.75 Å². The van der Waals surface area contributed by atoms with E-state index in [0.29, 0.717) is 4.90 Å².